The number of aliphatic carboxylic acids is 1. The average molecular weight is 287 g/mol. The van der Waals surface area contributed by atoms with E-state index in [9.17, 15) is 14.7 Å². The molecule has 0 fully saturated rings. The molecule has 6 heteroatoms. The second-order valence-electron chi connectivity index (χ2n) is 3.75. The van der Waals surface area contributed by atoms with Crippen molar-refractivity contribution in [2.45, 2.75) is 19.4 Å². The van der Waals surface area contributed by atoms with Crippen molar-refractivity contribution >= 4 is 23.4 Å². The molecule has 0 amide bonds. The van der Waals surface area contributed by atoms with E-state index in [1.807, 2.05) is 0 Å². The van der Waals surface area contributed by atoms with Crippen LogP contribution in [0.3, 0.4) is 0 Å². The minimum Gasteiger partial charge on any atom is -0.493 e. The van der Waals surface area contributed by atoms with E-state index in [-0.39, 0.29) is 35.0 Å². The fraction of sp³-hybridized carbons (Fsp3) is 0.385. The van der Waals surface area contributed by atoms with Crippen LogP contribution in [0.15, 0.2) is 18.2 Å². The smallest absolute Gasteiger partial charge is 0.337 e. The molecular weight excluding hydrogens is 272 g/mol. The predicted molar refractivity (Wildman–Crippen MR) is 69.9 cm³/mol. The number of ketones is 1. The number of halogens is 1. The maximum Gasteiger partial charge on any atom is 0.337 e. The fourth-order valence-electron chi connectivity index (χ4n) is 1.69. The van der Waals surface area contributed by atoms with Crippen molar-refractivity contribution < 1.29 is 24.5 Å². The highest BCUT2D eigenvalue weighted by molar-refractivity contribution is 6.19. The molecule has 0 aliphatic carbocycles. The van der Waals surface area contributed by atoms with E-state index >= 15 is 0 Å². The van der Waals surface area contributed by atoms with E-state index in [1.54, 1.807) is 13.0 Å². The lowest BCUT2D eigenvalue weighted by molar-refractivity contribution is -0.147. The van der Waals surface area contributed by atoms with E-state index in [1.165, 1.54) is 12.1 Å². The summed E-state index contributed by atoms with van der Waals surface area (Å²) in [5, 5.41) is 18.7. The number of carbonyl (C=O) groups excluding carboxylic acids is 1. The van der Waals surface area contributed by atoms with Gasteiger partial charge in [-0.05, 0) is 13.0 Å². The molecule has 0 radical (unpaired) electrons. The van der Waals surface area contributed by atoms with Crippen molar-refractivity contribution in [2.24, 2.45) is 0 Å². The summed E-state index contributed by atoms with van der Waals surface area (Å²) in [6.45, 7) is 2.02. The van der Waals surface area contributed by atoms with E-state index < -0.39 is 12.1 Å². The van der Waals surface area contributed by atoms with Gasteiger partial charge in [-0.1, -0.05) is 12.1 Å². The lowest BCUT2D eigenvalue weighted by Crippen LogP contribution is -2.17. The molecule has 1 aromatic carbocycles. The lowest BCUT2D eigenvalue weighted by atomic mass is 9.97. The van der Waals surface area contributed by atoms with Crippen molar-refractivity contribution in [3.05, 3.63) is 29.3 Å². The van der Waals surface area contributed by atoms with Gasteiger partial charge in [-0.25, -0.2) is 4.79 Å². The topological polar surface area (TPSA) is 83.8 Å². The second kappa shape index (κ2) is 7.11. The van der Waals surface area contributed by atoms with Gasteiger partial charge >= 0.3 is 5.97 Å². The van der Waals surface area contributed by atoms with Crippen LogP contribution >= 0.6 is 11.6 Å². The molecule has 0 saturated heterocycles. The molecule has 0 saturated carbocycles. The van der Waals surface area contributed by atoms with Crippen molar-refractivity contribution in [3.8, 4) is 5.75 Å². The number of benzene rings is 1. The van der Waals surface area contributed by atoms with Gasteiger partial charge < -0.3 is 14.9 Å². The first-order valence-electron chi connectivity index (χ1n) is 5.78. The number of alkyl halides is 1. The summed E-state index contributed by atoms with van der Waals surface area (Å²) in [6.07, 6.45) is -1.74. The molecule has 0 aliphatic rings. The number of hydrogen-bond donors (Lipinski definition) is 2. The molecule has 1 aromatic rings. The van der Waals surface area contributed by atoms with E-state index in [0.717, 1.165) is 0 Å². The first kappa shape index (κ1) is 15.5. The summed E-state index contributed by atoms with van der Waals surface area (Å²) in [6, 6.07) is 4.55. The number of aliphatic hydroxyl groups is 1. The van der Waals surface area contributed by atoms with Gasteiger partial charge in [0.1, 0.15) is 5.75 Å². The van der Waals surface area contributed by atoms with Gasteiger partial charge in [0.05, 0.1) is 6.61 Å². The molecule has 0 heterocycles. The molecule has 1 atom stereocenters. The Bertz CT molecular complexity index is 472. The molecule has 0 bridgehead atoms. The highest BCUT2D eigenvalue weighted by Gasteiger charge is 2.26. The molecule has 19 heavy (non-hydrogen) atoms. The number of carboxylic acid groups (broad SMARTS) is 1. The van der Waals surface area contributed by atoms with Crippen molar-refractivity contribution in [1.29, 1.82) is 0 Å². The van der Waals surface area contributed by atoms with Crippen LogP contribution in [0.5, 0.6) is 5.75 Å². The van der Waals surface area contributed by atoms with Gasteiger partial charge in [0.15, 0.2) is 11.9 Å². The van der Waals surface area contributed by atoms with Crippen molar-refractivity contribution in [3.63, 3.8) is 0 Å². The standard InChI is InChI=1S/C13H15ClO5/c1-2-19-10-5-3-4-8(9(15)6-7-14)11(10)12(16)13(17)18/h3-5,12,16H,2,6-7H2,1H3,(H,17,18). The Morgan fingerprint density at radius 3 is 2.63 bits per heavy atom. The van der Waals surface area contributed by atoms with Crippen LogP contribution in [0.25, 0.3) is 0 Å². The van der Waals surface area contributed by atoms with E-state index in [0.29, 0.717) is 6.61 Å². The summed E-state index contributed by atoms with van der Waals surface area (Å²) >= 11 is 5.51. The molecular formula is C13H15ClO5. The summed E-state index contributed by atoms with van der Waals surface area (Å²) in [4.78, 5) is 22.9. The van der Waals surface area contributed by atoms with Crippen LogP contribution in [0.1, 0.15) is 35.4 Å². The van der Waals surface area contributed by atoms with Gasteiger partial charge in [-0.15, -0.1) is 11.6 Å². The number of Topliss-reactive ketones (excluding diaryl/α,β-unsaturated/α-hetero) is 1. The Balaban J connectivity index is 3.33. The lowest BCUT2D eigenvalue weighted by Gasteiger charge is -2.16. The largest absolute Gasteiger partial charge is 0.493 e. The average Bonchev–Trinajstić information content (AvgIpc) is 2.38. The van der Waals surface area contributed by atoms with Gasteiger partial charge in [0, 0.05) is 23.4 Å². The zero-order valence-corrected chi connectivity index (χ0v) is 11.2. The maximum atomic E-state index is 11.9. The van der Waals surface area contributed by atoms with E-state index in [4.69, 9.17) is 21.4 Å². The number of carboxylic acids is 1. The molecule has 1 unspecified atom stereocenters. The van der Waals surface area contributed by atoms with Gasteiger partial charge in [0.2, 0.25) is 0 Å². The molecule has 0 spiro atoms. The summed E-state index contributed by atoms with van der Waals surface area (Å²) < 4.78 is 5.27. The first-order valence-corrected chi connectivity index (χ1v) is 6.32. The quantitative estimate of drug-likeness (QED) is 0.592. The van der Waals surface area contributed by atoms with Gasteiger partial charge in [-0.2, -0.15) is 0 Å². The Morgan fingerprint density at radius 2 is 2.11 bits per heavy atom. The Morgan fingerprint density at radius 1 is 1.42 bits per heavy atom. The van der Waals surface area contributed by atoms with Crippen LogP contribution in [-0.4, -0.2) is 34.5 Å². The molecule has 0 aliphatic heterocycles. The minimum absolute atomic E-state index is 0.0213. The number of rotatable bonds is 7. The molecule has 104 valence electrons. The Hall–Kier alpha value is -1.59. The van der Waals surface area contributed by atoms with Gasteiger partial charge in [0.25, 0.3) is 0 Å². The third kappa shape index (κ3) is 3.68. The minimum atomic E-state index is -1.81. The predicted octanol–water partition coefficient (Wildman–Crippen LogP) is 2.01. The third-order valence-electron chi connectivity index (χ3n) is 2.50. The molecule has 2 N–H and O–H groups in total. The first-order chi connectivity index (χ1) is 9.02. The van der Waals surface area contributed by atoms with Gasteiger partial charge in [-0.3, -0.25) is 4.79 Å². The number of aliphatic hydroxyl groups excluding tert-OH is 1. The zero-order valence-electron chi connectivity index (χ0n) is 10.4. The van der Waals surface area contributed by atoms with Crippen molar-refractivity contribution in [1.82, 2.24) is 0 Å². The second-order valence-corrected chi connectivity index (χ2v) is 4.13. The zero-order chi connectivity index (χ0) is 14.4. The monoisotopic (exact) mass is 286 g/mol. The van der Waals surface area contributed by atoms with Crippen LogP contribution in [0.2, 0.25) is 0 Å². The molecule has 0 aromatic heterocycles. The highest BCUT2D eigenvalue weighted by atomic mass is 35.5. The Labute approximate surface area is 115 Å². The number of hydrogen-bond acceptors (Lipinski definition) is 4. The maximum absolute atomic E-state index is 11.9. The van der Waals surface area contributed by atoms with Crippen LogP contribution < -0.4 is 4.74 Å². The van der Waals surface area contributed by atoms with Crippen LogP contribution in [0.4, 0.5) is 0 Å². The van der Waals surface area contributed by atoms with Crippen molar-refractivity contribution in [2.75, 3.05) is 12.5 Å². The number of carbonyl (C=O) groups is 2. The normalized spacial score (nSPS) is 11.9. The third-order valence-corrected chi connectivity index (χ3v) is 2.68. The highest BCUT2D eigenvalue weighted by Crippen LogP contribution is 2.30. The SMILES string of the molecule is CCOc1cccc(C(=O)CCCl)c1C(O)C(=O)O. The van der Waals surface area contributed by atoms with Crippen LogP contribution in [0, 0.1) is 0 Å². The summed E-state index contributed by atoms with van der Waals surface area (Å²) in [5.41, 5.74) is 0.105. The summed E-state index contributed by atoms with van der Waals surface area (Å²) in [5.74, 6) is -1.45. The van der Waals surface area contributed by atoms with Crippen LogP contribution in [-0.2, 0) is 4.79 Å². The van der Waals surface area contributed by atoms with E-state index in [2.05, 4.69) is 0 Å². The fourth-order valence-corrected chi connectivity index (χ4v) is 1.87. The molecule has 5 nitrogen and oxygen atoms in total. The Kier molecular flexibility index (Phi) is 5.79. The summed E-state index contributed by atoms with van der Waals surface area (Å²) in [7, 11) is 0. The molecule has 1 rings (SSSR count). The number of ether oxygens (including phenoxy) is 1.